The molecule has 8 nitrogen and oxygen atoms in total. The largest absolute Gasteiger partial charge is 0.463 e. The zero-order valence-corrected chi connectivity index (χ0v) is 11.6. The Bertz CT molecular complexity index is 610. The highest BCUT2D eigenvalue weighted by molar-refractivity contribution is 5.85. The second kappa shape index (κ2) is 6.09. The predicted octanol–water partition coefficient (Wildman–Crippen LogP) is 0.795. The summed E-state index contributed by atoms with van der Waals surface area (Å²) in [6.45, 7) is 5.05. The quantitative estimate of drug-likeness (QED) is 0.807. The fourth-order valence-corrected chi connectivity index (χ4v) is 1.69. The summed E-state index contributed by atoms with van der Waals surface area (Å²) in [7, 11) is 1.30. The zero-order chi connectivity index (χ0) is 14.5. The number of hydrogen-bond acceptors (Lipinski definition) is 7. The van der Waals surface area contributed by atoms with Crippen LogP contribution < -0.4 is 5.32 Å². The van der Waals surface area contributed by atoms with Crippen molar-refractivity contribution in [2.24, 2.45) is 0 Å². The number of nitrogens with zero attached hydrogens (tertiary/aromatic N) is 5. The lowest BCUT2D eigenvalue weighted by Gasteiger charge is -2.08. The summed E-state index contributed by atoms with van der Waals surface area (Å²) in [6.07, 6.45) is 1.67. The molecule has 0 unspecified atom stereocenters. The van der Waals surface area contributed by atoms with Gasteiger partial charge in [-0.3, -0.25) is 0 Å². The molecule has 0 spiro atoms. The highest BCUT2D eigenvalue weighted by atomic mass is 16.5. The van der Waals surface area contributed by atoms with Gasteiger partial charge in [-0.05, 0) is 13.8 Å². The van der Waals surface area contributed by atoms with Gasteiger partial charge < -0.3 is 14.6 Å². The Morgan fingerprint density at radius 2 is 2.25 bits per heavy atom. The van der Waals surface area contributed by atoms with Crippen LogP contribution in [-0.2, 0) is 17.8 Å². The van der Waals surface area contributed by atoms with Crippen LogP contribution in [0.5, 0.6) is 0 Å². The van der Waals surface area contributed by atoms with Crippen molar-refractivity contribution < 1.29 is 9.53 Å². The second-order valence-corrected chi connectivity index (χ2v) is 4.10. The van der Waals surface area contributed by atoms with E-state index in [0.717, 1.165) is 12.4 Å². The summed E-state index contributed by atoms with van der Waals surface area (Å²) in [5.74, 6) is 0.812. The smallest absolute Gasteiger partial charge is 0.376 e. The van der Waals surface area contributed by atoms with Gasteiger partial charge in [0.25, 0.3) is 0 Å². The number of methoxy groups -OCH3 is 1. The van der Waals surface area contributed by atoms with Gasteiger partial charge >= 0.3 is 5.97 Å². The van der Waals surface area contributed by atoms with Crippen LogP contribution in [0.4, 0.5) is 5.82 Å². The van der Waals surface area contributed by atoms with Gasteiger partial charge in [-0.15, -0.1) is 10.2 Å². The van der Waals surface area contributed by atoms with Crippen molar-refractivity contribution in [3.05, 3.63) is 29.7 Å². The van der Waals surface area contributed by atoms with E-state index in [-0.39, 0.29) is 5.82 Å². The van der Waals surface area contributed by atoms with Crippen molar-refractivity contribution in [2.45, 2.75) is 26.9 Å². The highest BCUT2D eigenvalue weighted by Crippen LogP contribution is 2.08. The van der Waals surface area contributed by atoms with E-state index in [1.165, 1.54) is 7.11 Å². The predicted molar refractivity (Wildman–Crippen MR) is 71.1 cm³/mol. The van der Waals surface area contributed by atoms with Crippen LogP contribution in [0.2, 0.25) is 0 Å². The average molecular weight is 276 g/mol. The van der Waals surface area contributed by atoms with Crippen LogP contribution in [0.25, 0.3) is 0 Å². The van der Waals surface area contributed by atoms with Crippen molar-refractivity contribution in [1.29, 1.82) is 0 Å². The standard InChI is InChI=1S/C12H16N6O2/c1-4-18-7-14-17-10(18)6-13-9-5-8(2)15-11(16-9)12(19)20-3/h5,7H,4,6H2,1-3H3,(H,13,15,16). The highest BCUT2D eigenvalue weighted by Gasteiger charge is 2.11. The van der Waals surface area contributed by atoms with Crippen LogP contribution in [0.15, 0.2) is 12.4 Å². The molecule has 0 aliphatic carbocycles. The molecule has 0 fully saturated rings. The first-order chi connectivity index (χ1) is 9.63. The molecule has 0 saturated carbocycles. The summed E-state index contributed by atoms with van der Waals surface area (Å²) in [4.78, 5) is 19.6. The number of anilines is 1. The Labute approximate surface area is 116 Å². The molecule has 0 atom stereocenters. The molecular formula is C12H16N6O2. The first-order valence-electron chi connectivity index (χ1n) is 6.18. The Kier molecular flexibility index (Phi) is 4.24. The fourth-order valence-electron chi connectivity index (χ4n) is 1.69. The van der Waals surface area contributed by atoms with Gasteiger partial charge in [0.2, 0.25) is 5.82 Å². The minimum Gasteiger partial charge on any atom is -0.463 e. The molecule has 2 aromatic heterocycles. The minimum absolute atomic E-state index is 0.0342. The van der Waals surface area contributed by atoms with Gasteiger partial charge in [0.15, 0.2) is 5.82 Å². The van der Waals surface area contributed by atoms with E-state index in [1.54, 1.807) is 19.3 Å². The number of nitrogens with one attached hydrogen (secondary N) is 1. The molecule has 20 heavy (non-hydrogen) atoms. The summed E-state index contributed by atoms with van der Waals surface area (Å²) < 4.78 is 6.53. The number of carbonyl (C=O) groups excluding carboxylic acids is 1. The van der Waals surface area contributed by atoms with E-state index >= 15 is 0 Å². The summed E-state index contributed by atoms with van der Waals surface area (Å²) in [6, 6.07) is 1.75. The number of carbonyl (C=O) groups is 1. The average Bonchev–Trinajstić information content (AvgIpc) is 2.91. The lowest BCUT2D eigenvalue weighted by Crippen LogP contribution is -2.13. The topological polar surface area (TPSA) is 94.8 Å². The summed E-state index contributed by atoms with van der Waals surface area (Å²) in [5.41, 5.74) is 0.680. The van der Waals surface area contributed by atoms with Gasteiger partial charge in [-0.1, -0.05) is 0 Å². The summed E-state index contributed by atoms with van der Waals surface area (Å²) in [5, 5.41) is 11.0. The normalized spacial score (nSPS) is 10.3. The van der Waals surface area contributed by atoms with Gasteiger partial charge in [0, 0.05) is 18.3 Å². The molecule has 0 aliphatic heterocycles. The van der Waals surface area contributed by atoms with Crippen LogP contribution in [0, 0.1) is 6.92 Å². The molecule has 8 heteroatoms. The minimum atomic E-state index is -0.562. The lowest BCUT2D eigenvalue weighted by atomic mass is 10.4. The molecule has 106 valence electrons. The first-order valence-corrected chi connectivity index (χ1v) is 6.18. The number of esters is 1. The maximum absolute atomic E-state index is 11.4. The molecule has 1 N–H and O–H groups in total. The van der Waals surface area contributed by atoms with Crippen LogP contribution in [-0.4, -0.2) is 37.8 Å². The zero-order valence-electron chi connectivity index (χ0n) is 11.6. The molecule has 2 aromatic rings. The Hall–Kier alpha value is -2.51. The van der Waals surface area contributed by atoms with Crippen molar-refractivity contribution in [1.82, 2.24) is 24.7 Å². The molecule has 2 heterocycles. The fraction of sp³-hybridized carbons (Fsp3) is 0.417. The van der Waals surface area contributed by atoms with Gasteiger partial charge in [-0.25, -0.2) is 14.8 Å². The van der Waals surface area contributed by atoms with E-state index in [4.69, 9.17) is 0 Å². The second-order valence-electron chi connectivity index (χ2n) is 4.10. The number of aryl methyl sites for hydroxylation is 2. The van der Waals surface area contributed by atoms with Crippen molar-refractivity contribution in [3.63, 3.8) is 0 Å². The van der Waals surface area contributed by atoms with Crippen LogP contribution >= 0.6 is 0 Å². The molecular weight excluding hydrogens is 260 g/mol. The van der Waals surface area contributed by atoms with E-state index in [1.807, 2.05) is 11.5 Å². The third-order valence-electron chi connectivity index (χ3n) is 2.69. The third-order valence-corrected chi connectivity index (χ3v) is 2.69. The Morgan fingerprint density at radius 3 is 2.95 bits per heavy atom. The molecule has 0 aliphatic rings. The third kappa shape index (κ3) is 3.08. The van der Waals surface area contributed by atoms with Crippen LogP contribution in [0.3, 0.4) is 0 Å². The molecule has 0 aromatic carbocycles. The first kappa shape index (κ1) is 13.9. The SMILES string of the molecule is CCn1cnnc1CNc1cc(C)nc(C(=O)OC)n1. The Morgan fingerprint density at radius 1 is 1.45 bits per heavy atom. The van der Waals surface area contributed by atoms with Gasteiger partial charge in [-0.2, -0.15) is 0 Å². The number of rotatable bonds is 5. The number of ether oxygens (including phenoxy) is 1. The summed E-state index contributed by atoms with van der Waals surface area (Å²) >= 11 is 0. The van der Waals surface area contributed by atoms with Crippen LogP contribution in [0.1, 0.15) is 29.1 Å². The van der Waals surface area contributed by atoms with Crippen molar-refractivity contribution in [2.75, 3.05) is 12.4 Å². The van der Waals surface area contributed by atoms with Gasteiger partial charge in [0.1, 0.15) is 12.1 Å². The van der Waals surface area contributed by atoms with E-state index < -0.39 is 5.97 Å². The molecule has 0 bridgehead atoms. The molecule has 0 radical (unpaired) electrons. The van der Waals surface area contributed by atoms with E-state index in [0.29, 0.717) is 18.1 Å². The molecule has 0 amide bonds. The Balaban J connectivity index is 2.13. The van der Waals surface area contributed by atoms with Crippen molar-refractivity contribution in [3.8, 4) is 0 Å². The molecule has 0 saturated heterocycles. The lowest BCUT2D eigenvalue weighted by molar-refractivity contribution is 0.0586. The van der Waals surface area contributed by atoms with E-state index in [2.05, 4.69) is 30.2 Å². The van der Waals surface area contributed by atoms with E-state index in [9.17, 15) is 4.79 Å². The monoisotopic (exact) mass is 276 g/mol. The van der Waals surface area contributed by atoms with Gasteiger partial charge in [0.05, 0.1) is 13.7 Å². The maximum atomic E-state index is 11.4. The number of aromatic nitrogens is 5. The molecule has 2 rings (SSSR count). The number of hydrogen-bond donors (Lipinski definition) is 1. The van der Waals surface area contributed by atoms with Crippen molar-refractivity contribution >= 4 is 11.8 Å². The maximum Gasteiger partial charge on any atom is 0.376 e.